The average Bonchev–Trinajstić information content (AvgIpc) is 3.20. The Hall–Kier alpha value is -1.59. The number of aryl methyl sites for hydroxylation is 1. The summed E-state index contributed by atoms with van der Waals surface area (Å²) >= 11 is 3.56. The number of hydrogen-bond donors (Lipinski definition) is 0. The molecule has 5 heteroatoms. The fourth-order valence-electron chi connectivity index (χ4n) is 2.50. The molecule has 0 saturated heterocycles. The zero-order valence-electron chi connectivity index (χ0n) is 14.6. The molecule has 1 aromatic carbocycles. The lowest BCUT2D eigenvalue weighted by Gasteiger charge is -2.06. The molecular weight excluding hydrogens is 334 g/mol. The first kappa shape index (κ1) is 17.2. The third-order valence-corrected chi connectivity index (χ3v) is 6.24. The summed E-state index contributed by atoms with van der Waals surface area (Å²) in [5.41, 5.74) is 3.79. The van der Waals surface area contributed by atoms with Crippen LogP contribution in [0.3, 0.4) is 0 Å². The molecule has 0 amide bonds. The van der Waals surface area contributed by atoms with Crippen molar-refractivity contribution in [1.82, 2.24) is 14.8 Å². The molecule has 126 valence electrons. The molecule has 0 saturated carbocycles. The Morgan fingerprint density at radius 3 is 2.54 bits per heavy atom. The second kappa shape index (κ2) is 7.53. The Labute approximate surface area is 152 Å². The standard InChI is InChI=1S/C19H23N3S2/c1-5-22-18(16-10-17(13(2)3)23-12-16)20-21-19(22)24-11-15-8-6-14(4)7-9-15/h6-10,12-13H,5,11H2,1-4H3. The molecule has 0 aliphatic carbocycles. The molecule has 3 nitrogen and oxygen atoms in total. The molecule has 0 atom stereocenters. The van der Waals surface area contributed by atoms with Crippen molar-refractivity contribution in [2.24, 2.45) is 0 Å². The van der Waals surface area contributed by atoms with Crippen molar-refractivity contribution in [2.45, 2.75) is 51.1 Å². The van der Waals surface area contributed by atoms with E-state index in [1.807, 2.05) is 0 Å². The number of thioether (sulfide) groups is 1. The Bertz CT molecular complexity index is 800. The Balaban J connectivity index is 1.79. The molecule has 2 aromatic heterocycles. The van der Waals surface area contributed by atoms with Crippen molar-refractivity contribution in [2.75, 3.05) is 0 Å². The fourth-order valence-corrected chi connectivity index (χ4v) is 4.36. The Morgan fingerprint density at radius 1 is 1.17 bits per heavy atom. The summed E-state index contributed by atoms with van der Waals surface area (Å²) in [6.45, 7) is 9.60. The minimum atomic E-state index is 0.553. The third-order valence-electron chi connectivity index (χ3n) is 3.97. The largest absolute Gasteiger partial charge is 0.302 e. The minimum Gasteiger partial charge on any atom is -0.302 e. The molecule has 0 spiro atoms. The van der Waals surface area contributed by atoms with E-state index in [1.54, 1.807) is 23.1 Å². The topological polar surface area (TPSA) is 30.7 Å². The quantitative estimate of drug-likeness (QED) is 0.526. The van der Waals surface area contributed by atoms with Gasteiger partial charge in [-0.1, -0.05) is 55.4 Å². The van der Waals surface area contributed by atoms with Gasteiger partial charge in [0.15, 0.2) is 11.0 Å². The summed E-state index contributed by atoms with van der Waals surface area (Å²) in [5.74, 6) is 2.45. The molecule has 2 heterocycles. The van der Waals surface area contributed by atoms with Gasteiger partial charge in [0.1, 0.15) is 0 Å². The van der Waals surface area contributed by atoms with Crippen LogP contribution in [0.4, 0.5) is 0 Å². The van der Waals surface area contributed by atoms with Gasteiger partial charge in [-0.3, -0.25) is 0 Å². The zero-order chi connectivity index (χ0) is 17.1. The molecule has 24 heavy (non-hydrogen) atoms. The molecule has 0 bridgehead atoms. The van der Waals surface area contributed by atoms with Gasteiger partial charge in [-0.2, -0.15) is 0 Å². The van der Waals surface area contributed by atoms with Crippen LogP contribution < -0.4 is 0 Å². The second-order valence-corrected chi connectivity index (χ2v) is 8.10. The Morgan fingerprint density at radius 2 is 1.92 bits per heavy atom. The summed E-state index contributed by atoms with van der Waals surface area (Å²) < 4.78 is 2.21. The lowest BCUT2D eigenvalue weighted by atomic mass is 10.1. The predicted octanol–water partition coefficient (Wildman–Crippen LogP) is 5.75. The van der Waals surface area contributed by atoms with E-state index in [2.05, 4.69) is 78.2 Å². The minimum absolute atomic E-state index is 0.553. The van der Waals surface area contributed by atoms with Crippen molar-refractivity contribution >= 4 is 23.1 Å². The first-order valence-electron chi connectivity index (χ1n) is 8.28. The second-order valence-electron chi connectivity index (χ2n) is 6.22. The normalized spacial score (nSPS) is 11.4. The van der Waals surface area contributed by atoms with Crippen LogP contribution in [0.5, 0.6) is 0 Å². The van der Waals surface area contributed by atoms with Gasteiger partial charge >= 0.3 is 0 Å². The number of rotatable bonds is 6. The van der Waals surface area contributed by atoms with Crippen LogP contribution in [0.15, 0.2) is 40.9 Å². The van der Waals surface area contributed by atoms with E-state index in [-0.39, 0.29) is 0 Å². The molecule has 0 aliphatic rings. The molecule has 3 rings (SSSR count). The summed E-state index contributed by atoms with van der Waals surface area (Å²) in [6.07, 6.45) is 0. The lowest BCUT2D eigenvalue weighted by Crippen LogP contribution is -1.99. The highest BCUT2D eigenvalue weighted by Crippen LogP contribution is 2.31. The number of thiophene rings is 1. The summed E-state index contributed by atoms with van der Waals surface area (Å²) in [4.78, 5) is 1.39. The van der Waals surface area contributed by atoms with Gasteiger partial charge < -0.3 is 4.57 Å². The summed E-state index contributed by atoms with van der Waals surface area (Å²) in [7, 11) is 0. The van der Waals surface area contributed by atoms with Gasteiger partial charge in [0, 0.05) is 28.1 Å². The predicted molar refractivity (Wildman–Crippen MR) is 104 cm³/mol. The van der Waals surface area contributed by atoms with E-state index < -0.39 is 0 Å². The highest BCUT2D eigenvalue weighted by Gasteiger charge is 2.15. The van der Waals surface area contributed by atoms with Crippen molar-refractivity contribution in [1.29, 1.82) is 0 Å². The third kappa shape index (κ3) is 3.73. The zero-order valence-corrected chi connectivity index (χ0v) is 16.2. The average molecular weight is 358 g/mol. The molecule has 0 N–H and O–H groups in total. The fraction of sp³-hybridized carbons (Fsp3) is 0.368. The van der Waals surface area contributed by atoms with Crippen LogP contribution in [0.1, 0.15) is 42.7 Å². The smallest absolute Gasteiger partial charge is 0.191 e. The first-order valence-corrected chi connectivity index (χ1v) is 10.1. The van der Waals surface area contributed by atoms with Crippen LogP contribution >= 0.6 is 23.1 Å². The lowest BCUT2D eigenvalue weighted by molar-refractivity contribution is 0.687. The molecule has 0 aliphatic heterocycles. The van der Waals surface area contributed by atoms with E-state index in [4.69, 9.17) is 0 Å². The monoisotopic (exact) mass is 357 g/mol. The van der Waals surface area contributed by atoms with Gasteiger partial charge in [0.25, 0.3) is 0 Å². The highest BCUT2D eigenvalue weighted by molar-refractivity contribution is 7.98. The van der Waals surface area contributed by atoms with E-state index in [9.17, 15) is 0 Å². The van der Waals surface area contributed by atoms with Crippen molar-refractivity contribution < 1.29 is 0 Å². The maximum Gasteiger partial charge on any atom is 0.191 e. The van der Waals surface area contributed by atoms with Crippen LogP contribution in [-0.4, -0.2) is 14.8 Å². The molecule has 3 aromatic rings. The van der Waals surface area contributed by atoms with Crippen LogP contribution in [-0.2, 0) is 12.3 Å². The molecule has 0 radical (unpaired) electrons. The van der Waals surface area contributed by atoms with E-state index in [0.717, 1.165) is 23.3 Å². The summed E-state index contributed by atoms with van der Waals surface area (Å²) in [6, 6.07) is 10.9. The van der Waals surface area contributed by atoms with E-state index in [1.165, 1.54) is 21.6 Å². The van der Waals surface area contributed by atoms with Gasteiger partial charge in [0.2, 0.25) is 0 Å². The number of benzene rings is 1. The van der Waals surface area contributed by atoms with Gasteiger partial charge in [0.05, 0.1) is 0 Å². The SMILES string of the molecule is CCn1c(SCc2ccc(C)cc2)nnc1-c1csc(C(C)C)c1. The number of nitrogens with zero attached hydrogens (tertiary/aromatic N) is 3. The van der Waals surface area contributed by atoms with Crippen molar-refractivity contribution in [3.63, 3.8) is 0 Å². The van der Waals surface area contributed by atoms with Gasteiger partial charge in [-0.15, -0.1) is 21.5 Å². The number of aromatic nitrogens is 3. The first-order chi connectivity index (χ1) is 11.6. The number of hydrogen-bond acceptors (Lipinski definition) is 4. The molecular formula is C19H23N3S2. The van der Waals surface area contributed by atoms with E-state index in [0.29, 0.717) is 5.92 Å². The van der Waals surface area contributed by atoms with Crippen LogP contribution in [0.2, 0.25) is 0 Å². The Kier molecular flexibility index (Phi) is 5.41. The summed E-state index contributed by atoms with van der Waals surface area (Å²) in [5, 5.41) is 12.1. The van der Waals surface area contributed by atoms with Gasteiger partial charge in [-0.05, 0) is 31.4 Å². The highest BCUT2D eigenvalue weighted by atomic mass is 32.2. The van der Waals surface area contributed by atoms with Crippen LogP contribution in [0.25, 0.3) is 11.4 Å². The van der Waals surface area contributed by atoms with Crippen LogP contribution in [0, 0.1) is 6.92 Å². The van der Waals surface area contributed by atoms with Crippen molar-refractivity contribution in [3.05, 3.63) is 51.7 Å². The maximum absolute atomic E-state index is 4.46. The maximum atomic E-state index is 4.46. The van der Waals surface area contributed by atoms with E-state index >= 15 is 0 Å². The molecule has 0 unspecified atom stereocenters. The van der Waals surface area contributed by atoms with Gasteiger partial charge in [-0.25, -0.2) is 0 Å². The van der Waals surface area contributed by atoms with Crippen molar-refractivity contribution in [3.8, 4) is 11.4 Å². The molecule has 0 fully saturated rings.